The van der Waals surface area contributed by atoms with Crippen molar-refractivity contribution in [2.45, 2.75) is 6.04 Å². The number of fused-ring (bicyclic) bond motifs is 1. The van der Waals surface area contributed by atoms with Crippen LogP contribution in [0.5, 0.6) is 0 Å². The van der Waals surface area contributed by atoms with Crippen LogP contribution < -0.4 is 10.6 Å². The molecule has 102 valence electrons. The Bertz CT molecular complexity index is 526. The van der Waals surface area contributed by atoms with Gasteiger partial charge >= 0.3 is 5.97 Å². The minimum absolute atomic E-state index is 0.101. The molecule has 6 heteroatoms. The van der Waals surface area contributed by atoms with Crippen LogP contribution in [0.1, 0.15) is 10.4 Å². The zero-order valence-corrected chi connectivity index (χ0v) is 10.4. The number of benzene rings is 1. The lowest BCUT2D eigenvalue weighted by molar-refractivity contribution is 0.0594. The van der Waals surface area contributed by atoms with Crippen molar-refractivity contribution in [3.8, 4) is 0 Å². The third-order valence-electron chi connectivity index (χ3n) is 3.90. The second-order valence-corrected chi connectivity index (χ2v) is 4.94. The summed E-state index contributed by atoms with van der Waals surface area (Å²) in [4.78, 5) is 11.2. The highest BCUT2D eigenvalue weighted by Gasteiger charge is 2.53. The predicted octanol–water partition coefficient (Wildman–Crippen LogP) is 1.38. The molecule has 4 nitrogen and oxygen atoms in total. The van der Waals surface area contributed by atoms with E-state index in [1.165, 1.54) is 12.1 Å². The van der Waals surface area contributed by atoms with Crippen molar-refractivity contribution in [2.24, 2.45) is 11.8 Å². The number of methoxy groups -OCH3 is 1. The molecule has 1 aliphatic heterocycles. The fraction of sp³-hybridized carbons (Fsp3) is 0.462. The van der Waals surface area contributed by atoms with Crippen molar-refractivity contribution < 1.29 is 18.3 Å². The number of esters is 1. The monoisotopic (exact) mass is 268 g/mol. The van der Waals surface area contributed by atoms with Crippen molar-refractivity contribution in [2.75, 3.05) is 25.5 Å². The predicted molar refractivity (Wildman–Crippen MR) is 65.0 cm³/mol. The van der Waals surface area contributed by atoms with E-state index in [9.17, 15) is 13.6 Å². The highest BCUT2D eigenvalue weighted by atomic mass is 19.2. The van der Waals surface area contributed by atoms with E-state index in [0.717, 1.165) is 20.2 Å². The fourth-order valence-electron chi connectivity index (χ4n) is 2.74. The zero-order valence-electron chi connectivity index (χ0n) is 10.4. The molecule has 2 aliphatic rings. The second-order valence-electron chi connectivity index (χ2n) is 4.94. The Morgan fingerprint density at radius 1 is 1.32 bits per heavy atom. The average molecular weight is 268 g/mol. The summed E-state index contributed by atoms with van der Waals surface area (Å²) >= 11 is 0. The Hall–Kier alpha value is -1.69. The van der Waals surface area contributed by atoms with Gasteiger partial charge in [-0.05, 0) is 24.0 Å². The molecule has 2 unspecified atom stereocenters. The number of hydrogen-bond acceptors (Lipinski definition) is 4. The van der Waals surface area contributed by atoms with Gasteiger partial charge < -0.3 is 15.4 Å². The lowest BCUT2D eigenvalue weighted by atomic mass is 10.1. The van der Waals surface area contributed by atoms with Crippen molar-refractivity contribution >= 4 is 11.7 Å². The Morgan fingerprint density at radius 2 is 2.00 bits per heavy atom. The van der Waals surface area contributed by atoms with E-state index in [-0.39, 0.29) is 17.3 Å². The first-order chi connectivity index (χ1) is 9.13. The topological polar surface area (TPSA) is 50.4 Å². The molecule has 2 N–H and O–H groups in total. The van der Waals surface area contributed by atoms with Gasteiger partial charge in [-0.15, -0.1) is 0 Å². The van der Waals surface area contributed by atoms with Crippen molar-refractivity contribution in [3.63, 3.8) is 0 Å². The van der Waals surface area contributed by atoms with Crippen molar-refractivity contribution in [1.29, 1.82) is 0 Å². The van der Waals surface area contributed by atoms with Gasteiger partial charge in [0.2, 0.25) is 0 Å². The van der Waals surface area contributed by atoms with Gasteiger partial charge in [-0.2, -0.15) is 0 Å². The molecule has 1 saturated carbocycles. The normalized spacial score (nSPS) is 27.8. The Balaban J connectivity index is 1.79. The number of piperidine rings is 1. The molecule has 3 rings (SSSR count). The number of nitrogens with one attached hydrogen (secondary N) is 2. The Kier molecular flexibility index (Phi) is 2.89. The quantitative estimate of drug-likeness (QED) is 0.813. The summed E-state index contributed by atoms with van der Waals surface area (Å²) in [7, 11) is 1.13. The molecule has 0 aromatic heterocycles. The van der Waals surface area contributed by atoms with Gasteiger partial charge in [0.1, 0.15) is 0 Å². The number of carbonyl (C=O) groups is 1. The number of ether oxygens (including phenoxy) is 1. The lowest BCUT2D eigenvalue weighted by Crippen LogP contribution is -2.22. The van der Waals surface area contributed by atoms with Gasteiger partial charge in [0, 0.05) is 19.1 Å². The summed E-state index contributed by atoms with van der Waals surface area (Å²) in [5.74, 6) is -2.09. The van der Waals surface area contributed by atoms with E-state index in [1.54, 1.807) is 0 Å². The van der Waals surface area contributed by atoms with Crippen LogP contribution in [0.4, 0.5) is 14.5 Å². The smallest absolute Gasteiger partial charge is 0.340 e. The largest absolute Gasteiger partial charge is 0.465 e. The van der Waals surface area contributed by atoms with Gasteiger partial charge in [0.15, 0.2) is 11.6 Å². The summed E-state index contributed by atoms with van der Waals surface area (Å²) in [6.45, 7) is 1.82. The standard InChI is InChI=1S/C13H14F2N2O2/c1-19-13(18)6-2-3-9(11(15)10(6)14)17-12-7-4-16-5-8(7)12/h2-3,7-8,12,16-17H,4-5H2,1H3. The summed E-state index contributed by atoms with van der Waals surface area (Å²) in [5, 5.41) is 6.23. The SMILES string of the molecule is COC(=O)c1ccc(NC2C3CNCC32)c(F)c1F. The average Bonchev–Trinajstić information content (AvgIpc) is 2.86. The van der Waals surface area contributed by atoms with Gasteiger partial charge in [-0.3, -0.25) is 0 Å². The van der Waals surface area contributed by atoms with Crippen molar-refractivity contribution in [1.82, 2.24) is 5.32 Å². The van der Waals surface area contributed by atoms with E-state index < -0.39 is 17.6 Å². The molecule has 0 bridgehead atoms. The van der Waals surface area contributed by atoms with E-state index in [0.29, 0.717) is 11.8 Å². The molecule has 1 heterocycles. The molecular formula is C13H14F2N2O2. The fourth-order valence-corrected chi connectivity index (χ4v) is 2.74. The molecule has 2 atom stereocenters. The number of rotatable bonds is 3. The maximum Gasteiger partial charge on any atom is 0.340 e. The van der Waals surface area contributed by atoms with Gasteiger partial charge in [0.05, 0.1) is 18.4 Å². The second kappa shape index (κ2) is 4.45. The van der Waals surface area contributed by atoms with Crippen LogP contribution >= 0.6 is 0 Å². The summed E-state index contributed by atoms with van der Waals surface area (Å²) in [5.41, 5.74) is -0.284. The summed E-state index contributed by atoms with van der Waals surface area (Å²) in [6, 6.07) is 2.81. The van der Waals surface area contributed by atoms with Gasteiger partial charge in [-0.25, -0.2) is 13.6 Å². The summed E-state index contributed by atoms with van der Waals surface area (Å²) in [6.07, 6.45) is 0. The molecule has 19 heavy (non-hydrogen) atoms. The highest BCUT2D eigenvalue weighted by Crippen LogP contribution is 2.44. The first kappa shape index (κ1) is 12.3. The Morgan fingerprint density at radius 3 is 2.63 bits per heavy atom. The van der Waals surface area contributed by atoms with Crippen LogP contribution in [0.2, 0.25) is 0 Å². The van der Waals surface area contributed by atoms with Gasteiger partial charge in [0.25, 0.3) is 0 Å². The molecule has 1 aliphatic carbocycles. The third-order valence-corrected chi connectivity index (χ3v) is 3.90. The van der Waals surface area contributed by atoms with Crippen LogP contribution in [0.15, 0.2) is 12.1 Å². The zero-order chi connectivity index (χ0) is 13.6. The molecular weight excluding hydrogens is 254 g/mol. The Labute approximate surface area is 109 Å². The van der Waals surface area contributed by atoms with E-state index in [4.69, 9.17) is 0 Å². The molecule has 2 fully saturated rings. The molecule has 1 saturated heterocycles. The number of halogens is 2. The van der Waals surface area contributed by atoms with Crippen LogP contribution in [0.3, 0.4) is 0 Å². The molecule has 1 aromatic carbocycles. The highest BCUT2D eigenvalue weighted by molar-refractivity contribution is 5.90. The van der Waals surface area contributed by atoms with Crippen LogP contribution in [-0.4, -0.2) is 32.2 Å². The maximum absolute atomic E-state index is 13.9. The first-order valence-electron chi connectivity index (χ1n) is 6.17. The van der Waals surface area contributed by atoms with E-state index in [1.807, 2.05) is 0 Å². The third kappa shape index (κ3) is 1.96. The maximum atomic E-state index is 13.9. The van der Waals surface area contributed by atoms with Crippen LogP contribution in [0.25, 0.3) is 0 Å². The molecule has 1 aromatic rings. The molecule has 0 radical (unpaired) electrons. The number of hydrogen-bond donors (Lipinski definition) is 2. The van der Waals surface area contributed by atoms with Crippen LogP contribution in [0, 0.1) is 23.5 Å². The molecule has 0 amide bonds. The van der Waals surface area contributed by atoms with E-state index >= 15 is 0 Å². The minimum Gasteiger partial charge on any atom is -0.465 e. The van der Waals surface area contributed by atoms with Crippen LogP contribution in [-0.2, 0) is 4.74 Å². The van der Waals surface area contributed by atoms with Crippen molar-refractivity contribution in [3.05, 3.63) is 29.3 Å². The first-order valence-corrected chi connectivity index (χ1v) is 6.17. The lowest BCUT2D eigenvalue weighted by Gasteiger charge is -2.11. The van der Waals surface area contributed by atoms with Gasteiger partial charge in [-0.1, -0.05) is 0 Å². The molecule has 0 spiro atoms. The summed E-state index contributed by atoms with van der Waals surface area (Å²) < 4.78 is 32.0. The van der Waals surface area contributed by atoms with E-state index in [2.05, 4.69) is 15.4 Å². The number of carbonyl (C=O) groups excluding carboxylic acids is 1. The minimum atomic E-state index is -1.17. The number of anilines is 1.